The predicted octanol–water partition coefficient (Wildman–Crippen LogP) is 5.99. The second-order valence-corrected chi connectivity index (χ2v) is 13.0. The zero-order chi connectivity index (χ0) is 23.4. The first-order valence-corrected chi connectivity index (χ1v) is 13.8. The molecule has 0 radical (unpaired) electrons. The highest BCUT2D eigenvalue weighted by Gasteiger charge is 2.62. The van der Waals surface area contributed by atoms with Crippen molar-refractivity contribution in [1.82, 2.24) is 5.32 Å². The molecule has 0 aromatic heterocycles. The van der Waals surface area contributed by atoms with Crippen LogP contribution in [0, 0.1) is 46.3 Å². The normalized spacial score (nSPS) is 47.5. The average Bonchev–Trinajstić information content (AvgIpc) is 3.51. The minimum Gasteiger partial charge on any atom is -0.393 e. The summed E-state index contributed by atoms with van der Waals surface area (Å²) < 4.78 is 0. The summed E-state index contributed by atoms with van der Waals surface area (Å²) in [5.41, 5.74) is 9.48. The lowest BCUT2D eigenvalue weighted by Gasteiger charge is -2.62. The maximum atomic E-state index is 12.3. The Balaban J connectivity index is 1.28. The highest BCUT2D eigenvalue weighted by atomic mass is 16.3. The first kappa shape index (κ1) is 23.5. The number of fused-ring (bicyclic) bond motifs is 5. The number of azide groups is 1. The fourth-order valence-electron chi connectivity index (χ4n) is 9.44. The molecule has 184 valence electrons. The average molecular weight is 457 g/mol. The van der Waals surface area contributed by atoms with Crippen LogP contribution >= 0.6 is 0 Å². The number of hydrogen-bond acceptors (Lipinski definition) is 3. The van der Waals surface area contributed by atoms with Crippen LogP contribution in [0.2, 0.25) is 0 Å². The lowest BCUT2D eigenvalue weighted by molar-refractivity contribution is -0.166. The molecule has 10 atom stereocenters. The van der Waals surface area contributed by atoms with Gasteiger partial charge in [0.05, 0.1) is 6.10 Å². The van der Waals surface area contributed by atoms with E-state index in [0.29, 0.717) is 53.4 Å². The third-order valence-corrected chi connectivity index (χ3v) is 11.4. The van der Waals surface area contributed by atoms with Crippen molar-refractivity contribution >= 4 is 5.91 Å². The lowest BCUT2D eigenvalue weighted by atomic mass is 9.43. The Morgan fingerprint density at radius 3 is 2.55 bits per heavy atom. The van der Waals surface area contributed by atoms with Crippen LogP contribution in [0.3, 0.4) is 0 Å². The molecular weight excluding hydrogens is 412 g/mol. The van der Waals surface area contributed by atoms with E-state index >= 15 is 0 Å². The molecule has 2 N–H and O–H groups in total. The molecule has 0 aromatic carbocycles. The molecule has 0 saturated heterocycles. The van der Waals surface area contributed by atoms with Crippen LogP contribution in [0.1, 0.15) is 97.8 Å². The smallest absolute Gasteiger partial charge is 0.220 e. The van der Waals surface area contributed by atoms with Gasteiger partial charge in [-0.2, -0.15) is 0 Å². The van der Waals surface area contributed by atoms with E-state index in [-0.39, 0.29) is 23.5 Å². The Kier molecular flexibility index (Phi) is 6.23. The number of nitrogens with one attached hydrogen (secondary N) is 1. The summed E-state index contributed by atoms with van der Waals surface area (Å²) in [6.45, 7) is 7.39. The van der Waals surface area contributed by atoms with Gasteiger partial charge in [-0.05, 0) is 122 Å². The molecule has 1 amide bonds. The zero-order valence-corrected chi connectivity index (χ0v) is 20.9. The summed E-state index contributed by atoms with van der Waals surface area (Å²) in [5, 5.41) is 18.7. The second-order valence-electron chi connectivity index (χ2n) is 13.0. The SMILES string of the molecule is C[C@H](CCC(=O)NC1CC1)[C@H]1CC[C@H]2[C@@H]3[C@H](O)C[C@@H]4C[C@@H](N=[N+]=[N-])CC[C@]4(C)[C@H]3CC[C@]12C. The second kappa shape index (κ2) is 8.75. The van der Waals surface area contributed by atoms with E-state index in [1.54, 1.807) is 0 Å². The van der Waals surface area contributed by atoms with Gasteiger partial charge in [-0.1, -0.05) is 25.9 Å². The van der Waals surface area contributed by atoms with E-state index < -0.39 is 0 Å². The monoisotopic (exact) mass is 456 g/mol. The quantitative estimate of drug-likeness (QED) is 0.291. The molecule has 6 nitrogen and oxygen atoms in total. The standard InChI is InChI=1S/C27H44N4O2/c1-16(4-9-24(33)29-18-5-6-18)20-7-8-21-25-22(11-13-27(20,21)3)26(2)12-10-19(30-31-28)14-17(26)15-23(25)32/h16-23,25,32H,4-15H2,1-3H3,(H,29,33)/t16-,17+,19+,20-,21+,22+,23-,25+,26+,27-/m1/s1. The minimum atomic E-state index is -0.221. The van der Waals surface area contributed by atoms with Gasteiger partial charge in [0.25, 0.3) is 0 Å². The summed E-state index contributed by atoms with van der Waals surface area (Å²) in [4.78, 5) is 15.3. The van der Waals surface area contributed by atoms with Crippen LogP contribution in [0.25, 0.3) is 10.4 Å². The van der Waals surface area contributed by atoms with Crippen molar-refractivity contribution in [1.29, 1.82) is 0 Å². The Hall–Kier alpha value is -1.26. The summed E-state index contributed by atoms with van der Waals surface area (Å²) in [7, 11) is 0. The van der Waals surface area contributed by atoms with E-state index in [0.717, 1.165) is 44.9 Å². The molecule has 5 aliphatic rings. The zero-order valence-electron chi connectivity index (χ0n) is 20.9. The van der Waals surface area contributed by atoms with Crippen LogP contribution in [-0.2, 0) is 4.79 Å². The predicted molar refractivity (Wildman–Crippen MR) is 129 cm³/mol. The van der Waals surface area contributed by atoms with Crippen LogP contribution < -0.4 is 5.32 Å². The van der Waals surface area contributed by atoms with E-state index in [1.165, 1.54) is 25.7 Å². The highest BCUT2D eigenvalue weighted by molar-refractivity contribution is 5.76. The summed E-state index contributed by atoms with van der Waals surface area (Å²) in [6.07, 6.45) is 12.7. The van der Waals surface area contributed by atoms with Gasteiger partial charge in [0.15, 0.2) is 0 Å². The van der Waals surface area contributed by atoms with Gasteiger partial charge >= 0.3 is 0 Å². The van der Waals surface area contributed by atoms with Crippen LogP contribution in [-0.4, -0.2) is 29.2 Å². The number of aliphatic hydroxyl groups excluding tert-OH is 1. The molecule has 33 heavy (non-hydrogen) atoms. The van der Waals surface area contributed by atoms with Crippen molar-refractivity contribution in [3.05, 3.63) is 10.4 Å². The van der Waals surface area contributed by atoms with Crippen molar-refractivity contribution < 1.29 is 9.90 Å². The largest absolute Gasteiger partial charge is 0.393 e. The molecule has 5 saturated carbocycles. The van der Waals surface area contributed by atoms with Crippen LogP contribution in [0.4, 0.5) is 0 Å². The molecule has 5 fully saturated rings. The van der Waals surface area contributed by atoms with Crippen molar-refractivity contribution in [3.8, 4) is 0 Å². The van der Waals surface area contributed by atoms with E-state index in [4.69, 9.17) is 5.53 Å². The number of carbonyl (C=O) groups is 1. The molecule has 5 aliphatic carbocycles. The van der Waals surface area contributed by atoms with Gasteiger partial charge in [0, 0.05) is 23.4 Å². The number of amides is 1. The molecule has 5 rings (SSSR count). The summed E-state index contributed by atoms with van der Waals surface area (Å²) in [6, 6.07) is 0.565. The highest BCUT2D eigenvalue weighted by Crippen LogP contribution is 2.68. The third-order valence-electron chi connectivity index (χ3n) is 11.4. The minimum absolute atomic E-state index is 0.111. The molecule has 0 aliphatic heterocycles. The van der Waals surface area contributed by atoms with Gasteiger partial charge in [0.2, 0.25) is 5.91 Å². The Morgan fingerprint density at radius 1 is 1.09 bits per heavy atom. The number of nitrogens with zero attached hydrogens (tertiary/aromatic N) is 3. The molecule has 0 bridgehead atoms. The fraction of sp³-hybridized carbons (Fsp3) is 0.963. The van der Waals surface area contributed by atoms with E-state index in [1.807, 2.05) is 0 Å². The Morgan fingerprint density at radius 2 is 1.82 bits per heavy atom. The molecule has 0 spiro atoms. The summed E-state index contributed by atoms with van der Waals surface area (Å²) in [5.74, 6) is 3.55. The van der Waals surface area contributed by atoms with E-state index in [2.05, 4.69) is 36.1 Å². The molecular formula is C27H44N4O2. The van der Waals surface area contributed by atoms with Crippen LogP contribution in [0.15, 0.2) is 5.11 Å². The Labute approximate surface area is 199 Å². The van der Waals surface area contributed by atoms with Gasteiger partial charge in [-0.3, -0.25) is 4.79 Å². The van der Waals surface area contributed by atoms with Gasteiger partial charge in [0.1, 0.15) is 0 Å². The first-order chi connectivity index (χ1) is 15.8. The van der Waals surface area contributed by atoms with Gasteiger partial charge in [-0.15, -0.1) is 0 Å². The summed E-state index contributed by atoms with van der Waals surface area (Å²) >= 11 is 0. The van der Waals surface area contributed by atoms with Crippen molar-refractivity contribution in [3.63, 3.8) is 0 Å². The Bertz CT molecular complexity index is 808. The first-order valence-electron chi connectivity index (χ1n) is 13.8. The van der Waals surface area contributed by atoms with Crippen molar-refractivity contribution in [2.75, 3.05) is 0 Å². The molecule has 6 heteroatoms. The maximum Gasteiger partial charge on any atom is 0.220 e. The number of rotatable bonds is 6. The van der Waals surface area contributed by atoms with Crippen LogP contribution in [0.5, 0.6) is 0 Å². The topological polar surface area (TPSA) is 98.1 Å². The number of aliphatic hydroxyl groups is 1. The number of hydrogen-bond donors (Lipinski definition) is 2. The van der Waals surface area contributed by atoms with Gasteiger partial charge in [-0.25, -0.2) is 0 Å². The maximum absolute atomic E-state index is 12.3. The molecule has 0 unspecified atom stereocenters. The van der Waals surface area contributed by atoms with Gasteiger partial charge < -0.3 is 10.4 Å². The van der Waals surface area contributed by atoms with E-state index in [9.17, 15) is 9.90 Å². The molecule has 0 aromatic rings. The van der Waals surface area contributed by atoms with Crippen molar-refractivity contribution in [2.45, 2.75) is 116 Å². The third kappa shape index (κ3) is 4.10. The fourth-order valence-corrected chi connectivity index (χ4v) is 9.44. The molecule has 0 heterocycles. The van der Waals surface area contributed by atoms with Crippen molar-refractivity contribution in [2.24, 2.45) is 51.5 Å². The number of carbonyl (C=O) groups excluding carboxylic acids is 1. The lowest BCUT2D eigenvalue weighted by Crippen LogP contribution is -2.58.